The number of hydrogen-bond donors (Lipinski definition) is 2. The molecule has 2 aromatic heterocycles. The molecule has 18 nitrogen and oxygen atoms in total. The summed E-state index contributed by atoms with van der Waals surface area (Å²) in [6.45, 7) is 10.3. The largest absolute Gasteiger partial charge is 0.457 e. The summed E-state index contributed by atoms with van der Waals surface area (Å²) in [7, 11) is 0. The number of ether oxygens (including phenoxy) is 8. The molecule has 2 N–H and O–H groups in total. The minimum Gasteiger partial charge on any atom is -0.457 e. The maximum atomic E-state index is 16.4. The zero-order chi connectivity index (χ0) is 69.6. The molecule has 0 aliphatic carbocycles. The molecule has 0 saturated carbocycles. The molecule has 2 fully saturated rings. The standard InChI is InChI=1S/C82H60N4O14S2/c1-43-9-21-49(22-10-43)95-61-35-57-67-58(78(88)85(77(57)87)75(65-7-5-33-101-65)81(91)99-53-29-17-47(18-30-53)83-39-55-41-93-55)37-63(97-51-25-13-45(3)14-26-51)71-72-64(98-52-27-15-46(4)16-28-52)38-60-68-59(36-62(70(74(68)72)69(61)73(67)71)96-50-23-11-44(2)12-24-50)79(89)86(80(60)90)76(66-8-6-34-102-66)82(92)100-54-31-19-48(20-32-54)84-40-56-42-94-56/h5-38,55-56,75-76,83-84H,39-42H2,1-4H3. The highest BCUT2D eigenvalue weighted by atomic mass is 32.1. The molecule has 6 heterocycles. The van der Waals surface area contributed by atoms with Crippen LogP contribution in [-0.2, 0) is 19.1 Å². The van der Waals surface area contributed by atoms with Crippen LogP contribution in [-0.4, -0.2) is 83.9 Å². The van der Waals surface area contributed by atoms with Crippen molar-refractivity contribution in [1.82, 2.24) is 9.80 Å². The summed E-state index contributed by atoms with van der Waals surface area (Å²) >= 11 is 2.35. The summed E-state index contributed by atoms with van der Waals surface area (Å²) in [5.41, 5.74) is 5.14. The number of anilines is 2. The number of fused-ring (bicyclic) bond motifs is 2. The molecular formula is C82H60N4O14S2. The third kappa shape index (κ3) is 11.8. The van der Waals surface area contributed by atoms with Gasteiger partial charge in [-0.3, -0.25) is 29.0 Å². The van der Waals surface area contributed by atoms with Crippen LogP contribution in [0.15, 0.2) is 205 Å². The van der Waals surface area contributed by atoms with Crippen LogP contribution in [0.5, 0.6) is 57.5 Å². The Kier molecular flexibility index (Phi) is 16.0. The summed E-state index contributed by atoms with van der Waals surface area (Å²) < 4.78 is 51.9. The normalized spacial score (nSPS) is 15.8. The number of carbonyl (C=O) groups excluding carboxylic acids is 6. The smallest absolute Gasteiger partial charge is 0.340 e. The SMILES string of the molecule is Cc1ccc(Oc2cc3c4c(cc(Oc5ccc(C)cc5)c5c6c(Oc7ccc(C)cc7)cc7c8c(cc(Oc9ccc(C)cc9)c(c2c45)c86)C(=O)N(C(C(=O)Oc2ccc(NCC4CO4)cc2)c2cccs2)C7=O)C(=O)N(C(C(=O)Oc2ccc(NCC4CO4)cc2)c2cccs2)C3=O)cc1. The van der Waals surface area contributed by atoms with Crippen LogP contribution >= 0.6 is 22.7 Å². The van der Waals surface area contributed by atoms with E-state index < -0.39 is 47.7 Å². The lowest BCUT2D eigenvalue weighted by Crippen LogP contribution is -2.46. The summed E-state index contributed by atoms with van der Waals surface area (Å²) in [5.74, 6) is -3.23. The first kappa shape index (κ1) is 63.5. The van der Waals surface area contributed by atoms with Gasteiger partial charge in [-0.05, 0) is 172 Å². The first-order valence-electron chi connectivity index (χ1n) is 33.2. The van der Waals surface area contributed by atoms with E-state index in [2.05, 4.69) is 10.6 Å². The number of carbonyl (C=O) groups is 6. The number of nitrogens with one attached hydrogen (secondary N) is 2. The predicted octanol–water partition coefficient (Wildman–Crippen LogP) is 17.8. The topological polar surface area (TPSA) is 213 Å². The Morgan fingerprint density at radius 2 is 0.667 bits per heavy atom. The van der Waals surface area contributed by atoms with Crippen molar-refractivity contribution in [3.8, 4) is 57.5 Å². The summed E-state index contributed by atoms with van der Waals surface area (Å²) in [5, 5.41) is 12.1. The predicted molar refractivity (Wildman–Crippen MR) is 388 cm³/mol. The molecule has 13 aromatic rings. The van der Waals surface area contributed by atoms with Crippen molar-refractivity contribution < 1.29 is 66.7 Å². The molecule has 4 unspecified atom stereocenters. The lowest BCUT2D eigenvalue weighted by molar-refractivity contribution is -0.139. The van der Waals surface area contributed by atoms with Crippen LogP contribution in [0, 0.1) is 27.7 Å². The molecule has 0 radical (unpaired) electrons. The van der Waals surface area contributed by atoms with Crippen LogP contribution in [0.25, 0.3) is 43.1 Å². The van der Waals surface area contributed by atoms with Gasteiger partial charge in [0.05, 0.1) is 47.7 Å². The molecule has 0 bridgehead atoms. The van der Waals surface area contributed by atoms with E-state index in [1.165, 1.54) is 22.7 Å². The molecule has 504 valence electrons. The van der Waals surface area contributed by atoms with E-state index >= 15 is 28.8 Å². The Bertz CT molecular complexity index is 4960. The highest BCUT2D eigenvalue weighted by molar-refractivity contribution is 7.10. The third-order valence-electron chi connectivity index (χ3n) is 18.6. The molecule has 2 saturated heterocycles. The van der Waals surface area contributed by atoms with Crippen molar-refractivity contribution in [3.05, 3.63) is 259 Å². The van der Waals surface area contributed by atoms with E-state index in [1.807, 2.05) is 76.2 Å². The summed E-state index contributed by atoms with van der Waals surface area (Å²) in [6.07, 6.45) is 0.237. The Morgan fingerprint density at radius 1 is 0.392 bits per heavy atom. The lowest BCUT2D eigenvalue weighted by Gasteiger charge is -2.35. The van der Waals surface area contributed by atoms with Crippen molar-refractivity contribution in [3.63, 3.8) is 0 Å². The Balaban J connectivity index is 0.936. The second kappa shape index (κ2) is 25.7. The Labute approximate surface area is 591 Å². The number of thiophene rings is 2. The van der Waals surface area contributed by atoms with Gasteiger partial charge in [0.2, 0.25) is 0 Å². The first-order valence-corrected chi connectivity index (χ1v) is 34.9. The molecule has 0 spiro atoms. The molecule has 17 rings (SSSR count). The van der Waals surface area contributed by atoms with Crippen molar-refractivity contribution in [2.24, 2.45) is 0 Å². The zero-order valence-electron chi connectivity index (χ0n) is 55.2. The fourth-order valence-corrected chi connectivity index (χ4v) is 14.9. The molecule has 102 heavy (non-hydrogen) atoms. The molecule has 20 heteroatoms. The molecule has 4 aliphatic heterocycles. The van der Waals surface area contributed by atoms with E-state index in [4.69, 9.17) is 37.9 Å². The number of amides is 4. The number of imide groups is 2. The first-order chi connectivity index (χ1) is 49.6. The van der Waals surface area contributed by atoms with Gasteiger partial charge in [-0.15, -0.1) is 22.7 Å². The van der Waals surface area contributed by atoms with Gasteiger partial charge in [0.25, 0.3) is 23.6 Å². The Morgan fingerprint density at radius 3 is 0.922 bits per heavy atom. The number of esters is 2. The van der Waals surface area contributed by atoms with Crippen LogP contribution in [0.3, 0.4) is 0 Å². The molecule has 11 aromatic carbocycles. The van der Waals surface area contributed by atoms with Crippen LogP contribution < -0.4 is 39.1 Å². The molecule has 4 amide bonds. The van der Waals surface area contributed by atoms with E-state index in [1.54, 1.807) is 156 Å². The van der Waals surface area contributed by atoms with E-state index in [9.17, 15) is 0 Å². The highest BCUT2D eigenvalue weighted by Gasteiger charge is 2.48. The number of benzene rings is 11. The second-order valence-corrected chi connectivity index (χ2v) is 27.7. The van der Waals surface area contributed by atoms with Gasteiger partial charge >= 0.3 is 11.9 Å². The van der Waals surface area contributed by atoms with Crippen LogP contribution in [0.4, 0.5) is 11.4 Å². The fraction of sp³-hybridized carbons (Fsp3) is 0.146. The second-order valence-electron chi connectivity index (χ2n) is 25.7. The van der Waals surface area contributed by atoms with Gasteiger partial charge in [0.1, 0.15) is 57.5 Å². The van der Waals surface area contributed by atoms with Gasteiger partial charge in [-0.25, -0.2) is 9.59 Å². The minimum atomic E-state index is -1.62. The molecular weight excluding hydrogens is 1330 g/mol. The lowest BCUT2D eigenvalue weighted by atomic mass is 9.80. The van der Waals surface area contributed by atoms with E-state index in [0.717, 1.165) is 43.4 Å². The summed E-state index contributed by atoms with van der Waals surface area (Å²) in [4.78, 5) is 98.6. The maximum absolute atomic E-state index is 16.4. The van der Waals surface area contributed by atoms with Gasteiger partial charge in [0.15, 0.2) is 12.1 Å². The van der Waals surface area contributed by atoms with Crippen molar-refractivity contribution in [1.29, 1.82) is 0 Å². The average molecular weight is 1390 g/mol. The quantitative estimate of drug-likeness (QED) is 0.0161. The van der Waals surface area contributed by atoms with Gasteiger partial charge < -0.3 is 48.5 Å². The van der Waals surface area contributed by atoms with E-state index in [0.29, 0.717) is 59.1 Å². The fourth-order valence-electron chi connectivity index (χ4n) is 13.3. The molecule has 4 aliphatic rings. The van der Waals surface area contributed by atoms with Gasteiger partial charge in [0, 0.05) is 77.3 Å². The van der Waals surface area contributed by atoms with Crippen molar-refractivity contribution in [2.75, 3.05) is 36.9 Å². The number of epoxide rings is 2. The van der Waals surface area contributed by atoms with Gasteiger partial charge in [-0.1, -0.05) is 82.9 Å². The number of nitrogens with zero attached hydrogens (tertiary/aromatic N) is 2. The van der Waals surface area contributed by atoms with Crippen LogP contribution in [0.1, 0.15) is 85.5 Å². The number of aryl methyl sites for hydroxylation is 4. The molecule has 4 atom stereocenters. The third-order valence-corrected chi connectivity index (χ3v) is 20.4. The highest BCUT2D eigenvalue weighted by Crippen LogP contribution is 2.59. The number of rotatable bonds is 22. The van der Waals surface area contributed by atoms with Crippen molar-refractivity contribution >= 4 is 113 Å². The van der Waals surface area contributed by atoms with Gasteiger partial charge in [-0.2, -0.15) is 0 Å². The minimum absolute atomic E-state index is 0.0298. The van der Waals surface area contributed by atoms with E-state index in [-0.39, 0.29) is 112 Å². The average Bonchev–Trinajstić information content (AvgIpc) is 1.16. The Hall–Kier alpha value is -11.9. The summed E-state index contributed by atoms with van der Waals surface area (Å²) in [6, 6.07) is 52.7. The monoisotopic (exact) mass is 1390 g/mol. The van der Waals surface area contributed by atoms with Crippen molar-refractivity contribution in [2.45, 2.75) is 52.0 Å². The zero-order valence-corrected chi connectivity index (χ0v) is 56.8. The number of hydrogen-bond acceptors (Lipinski definition) is 18. The van der Waals surface area contributed by atoms with Crippen LogP contribution in [0.2, 0.25) is 0 Å². The maximum Gasteiger partial charge on any atom is 0.340 e.